The summed E-state index contributed by atoms with van der Waals surface area (Å²) in [5.74, 6) is 0.441. The largest absolute Gasteiger partial charge is 0.324 e. The molecule has 0 aliphatic carbocycles. The summed E-state index contributed by atoms with van der Waals surface area (Å²) in [7, 11) is 0. The van der Waals surface area contributed by atoms with Gasteiger partial charge in [-0.05, 0) is 46.2 Å². The second-order valence-electron chi connectivity index (χ2n) is 3.44. The first kappa shape index (κ1) is 11.3. The second-order valence-corrected chi connectivity index (χ2v) is 5.01. The van der Waals surface area contributed by atoms with Crippen molar-refractivity contribution in [1.29, 1.82) is 0 Å². The Kier molecular flexibility index (Phi) is 4.01. The van der Waals surface area contributed by atoms with Gasteiger partial charge in [0.05, 0.1) is 5.02 Å². The third-order valence-corrected chi connectivity index (χ3v) is 3.62. The van der Waals surface area contributed by atoms with E-state index in [2.05, 4.69) is 36.4 Å². The summed E-state index contributed by atoms with van der Waals surface area (Å²) < 4.78 is 1.07. The van der Waals surface area contributed by atoms with E-state index in [0.717, 1.165) is 14.2 Å². The molecule has 1 aromatic carbocycles. The van der Waals surface area contributed by atoms with Crippen molar-refractivity contribution in [3.05, 3.63) is 32.4 Å². The molecule has 72 valence electrons. The fourth-order valence-corrected chi connectivity index (χ4v) is 1.63. The quantitative estimate of drug-likeness (QED) is 0.830. The highest BCUT2D eigenvalue weighted by Crippen LogP contribution is 2.25. The maximum Gasteiger partial charge on any atom is 0.0542 e. The first-order valence-electron chi connectivity index (χ1n) is 4.23. The molecule has 0 spiro atoms. The number of benzene rings is 1. The number of rotatable bonds is 2. The lowest BCUT2D eigenvalue weighted by atomic mass is 9.97. The van der Waals surface area contributed by atoms with Crippen LogP contribution in [-0.4, -0.2) is 0 Å². The molecule has 2 N–H and O–H groups in total. The van der Waals surface area contributed by atoms with Crippen molar-refractivity contribution < 1.29 is 0 Å². The van der Waals surface area contributed by atoms with Gasteiger partial charge < -0.3 is 5.73 Å². The molecule has 0 aliphatic heterocycles. The fraction of sp³-hybridized carbons (Fsp3) is 0.400. The predicted octanol–water partition coefficient (Wildman–Crippen LogP) is 3.60. The van der Waals surface area contributed by atoms with Crippen LogP contribution in [0.4, 0.5) is 0 Å². The summed E-state index contributed by atoms with van der Waals surface area (Å²) in [6.07, 6.45) is 0. The van der Waals surface area contributed by atoms with Gasteiger partial charge in [0.2, 0.25) is 0 Å². The van der Waals surface area contributed by atoms with Gasteiger partial charge in [-0.25, -0.2) is 0 Å². The molecule has 0 aromatic heterocycles. The van der Waals surface area contributed by atoms with Gasteiger partial charge in [0.1, 0.15) is 0 Å². The molecule has 0 fully saturated rings. The zero-order valence-electron chi connectivity index (χ0n) is 7.72. The van der Waals surface area contributed by atoms with E-state index in [0.29, 0.717) is 5.92 Å². The van der Waals surface area contributed by atoms with Gasteiger partial charge in [-0.15, -0.1) is 0 Å². The highest BCUT2D eigenvalue weighted by atomic mass is 127. The summed E-state index contributed by atoms with van der Waals surface area (Å²) in [6.45, 7) is 4.22. The van der Waals surface area contributed by atoms with Crippen molar-refractivity contribution in [3.8, 4) is 0 Å². The summed E-state index contributed by atoms with van der Waals surface area (Å²) in [5.41, 5.74) is 7.11. The van der Waals surface area contributed by atoms with Gasteiger partial charge in [-0.3, -0.25) is 0 Å². The molecule has 0 aliphatic rings. The standard InChI is InChI=1S/C10H13ClIN/c1-6(2)10(13)7-3-4-9(12)8(11)5-7/h3-6,10H,13H2,1-2H3/t10-/m0/s1. The molecule has 1 aromatic rings. The van der Waals surface area contributed by atoms with Crippen molar-refractivity contribution in [2.75, 3.05) is 0 Å². The number of nitrogens with two attached hydrogens (primary N) is 1. The lowest BCUT2D eigenvalue weighted by Gasteiger charge is -2.16. The topological polar surface area (TPSA) is 26.0 Å². The monoisotopic (exact) mass is 309 g/mol. The van der Waals surface area contributed by atoms with Crippen LogP contribution in [0, 0.1) is 9.49 Å². The number of halogens is 2. The third kappa shape index (κ3) is 2.82. The van der Waals surface area contributed by atoms with E-state index < -0.39 is 0 Å². The van der Waals surface area contributed by atoms with Crippen LogP contribution in [0.15, 0.2) is 18.2 Å². The van der Waals surface area contributed by atoms with Gasteiger partial charge in [-0.2, -0.15) is 0 Å². The van der Waals surface area contributed by atoms with Gasteiger partial charge in [0.25, 0.3) is 0 Å². The molecule has 0 radical (unpaired) electrons. The normalized spacial score (nSPS) is 13.4. The minimum Gasteiger partial charge on any atom is -0.324 e. The minimum absolute atomic E-state index is 0.0782. The molecule has 0 saturated heterocycles. The highest BCUT2D eigenvalue weighted by Gasteiger charge is 2.11. The van der Waals surface area contributed by atoms with E-state index in [4.69, 9.17) is 17.3 Å². The second kappa shape index (κ2) is 4.62. The van der Waals surface area contributed by atoms with Crippen molar-refractivity contribution in [1.82, 2.24) is 0 Å². The van der Waals surface area contributed by atoms with Gasteiger partial charge in [0, 0.05) is 9.61 Å². The Labute approximate surface area is 97.8 Å². The van der Waals surface area contributed by atoms with Crippen LogP contribution >= 0.6 is 34.2 Å². The summed E-state index contributed by atoms with van der Waals surface area (Å²) in [4.78, 5) is 0. The summed E-state index contributed by atoms with van der Waals surface area (Å²) in [5, 5.41) is 0.786. The maximum atomic E-state index is 6.00. The maximum absolute atomic E-state index is 6.00. The minimum atomic E-state index is 0.0782. The van der Waals surface area contributed by atoms with Gasteiger partial charge in [-0.1, -0.05) is 31.5 Å². The molecule has 0 unspecified atom stereocenters. The molecule has 0 saturated carbocycles. The average molecular weight is 310 g/mol. The van der Waals surface area contributed by atoms with E-state index in [1.807, 2.05) is 18.2 Å². The molecule has 3 heteroatoms. The van der Waals surface area contributed by atoms with Crippen LogP contribution in [0.3, 0.4) is 0 Å². The molecule has 0 heterocycles. The van der Waals surface area contributed by atoms with Crippen LogP contribution in [0.1, 0.15) is 25.5 Å². The summed E-state index contributed by atoms with van der Waals surface area (Å²) in [6, 6.07) is 6.07. The molecule has 0 bridgehead atoms. The lowest BCUT2D eigenvalue weighted by molar-refractivity contribution is 0.514. The Morgan fingerprint density at radius 1 is 1.38 bits per heavy atom. The van der Waals surface area contributed by atoms with Crippen LogP contribution < -0.4 is 5.73 Å². The van der Waals surface area contributed by atoms with Crippen molar-refractivity contribution in [2.24, 2.45) is 11.7 Å². The molecule has 1 rings (SSSR count). The zero-order chi connectivity index (χ0) is 10.0. The molecule has 1 atom stereocenters. The van der Waals surface area contributed by atoms with Gasteiger partial charge >= 0.3 is 0 Å². The smallest absolute Gasteiger partial charge is 0.0542 e. The Morgan fingerprint density at radius 3 is 2.46 bits per heavy atom. The Morgan fingerprint density at radius 2 is 2.00 bits per heavy atom. The van der Waals surface area contributed by atoms with E-state index in [1.165, 1.54) is 0 Å². The number of hydrogen-bond donors (Lipinski definition) is 1. The third-order valence-electron chi connectivity index (χ3n) is 2.05. The Bertz CT molecular complexity index is 299. The first-order valence-corrected chi connectivity index (χ1v) is 5.68. The zero-order valence-corrected chi connectivity index (χ0v) is 10.6. The molecular formula is C10H13ClIN. The molecule has 0 amide bonds. The Hall–Kier alpha value is 0.200. The Balaban J connectivity index is 2.97. The summed E-state index contributed by atoms with van der Waals surface area (Å²) >= 11 is 8.21. The average Bonchev–Trinajstić information content (AvgIpc) is 2.08. The van der Waals surface area contributed by atoms with Gasteiger partial charge in [0.15, 0.2) is 0 Å². The highest BCUT2D eigenvalue weighted by molar-refractivity contribution is 14.1. The predicted molar refractivity (Wildman–Crippen MR) is 65.9 cm³/mol. The van der Waals surface area contributed by atoms with Crippen molar-refractivity contribution in [2.45, 2.75) is 19.9 Å². The molecule has 13 heavy (non-hydrogen) atoms. The fourth-order valence-electron chi connectivity index (χ4n) is 1.10. The molecule has 1 nitrogen and oxygen atoms in total. The van der Waals surface area contributed by atoms with Crippen molar-refractivity contribution in [3.63, 3.8) is 0 Å². The van der Waals surface area contributed by atoms with Crippen molar-refractivity contribution >= 4 is 34.2 Å². The SMILES string of the molecule is CC(C)[C@H](N)c1ccc(I)c(Cl)c1. The van der Waals surface area contributed by atoms with E-state index >= 15 is 0 Å². The van der Waals surface area contributed by atoms with Crippen LogP contribution in [0.25, 0.3) is 0 Å². The van der Waals surface area contributed by atoms with Crippen LogP contribution in [0.2, 0.25) is 5.02 Å². The van der Waals surface area contributed by atoms with Crippen LogP contribution in [0.5, 0.6) is 0 Å². The lowest BCUT2D eigenvalue weighted by Crippen LogP contribution is -2.16. The number of hydrogen-bond acceptors (Lipinski definition) is 1. The first-order chi connectivity index (χ1) is 6.02. The van der Waals surface area contributed by atoms with E-state index in [-0.39, 0.29) is 6.04 Å². The van der Waals surface area contributed by atoms with Crippen LogP contribution in [-0.2, 0) is 0 Å². The molecular weight excluding hydrogens is 296 g/mol. The van der Waals surface area contributed by atoms with E-state index in [1.54, 1.807) is 0 Å². The van der Waals surface area contributed by atoms with E-state index in [9.17, 15) is 0 Å².